The van der Waals surface area contributed by atoms with Crippen molar-refractivity contribution in [3.05, 3.63) is 24.3 Å². The second kappa shape index (κ2) is 9.04. The number of halogens is 1. The van der Waals surface area contributed by atoms with Crippen molar-refractivity contribution in [2.24, 2.45) is 0 Å². The second-order valence-electron chi connectivity index (χ2n) is 5.10. The summed E-state index contributed by atoms with van der Waals surface area (Å²) in [6.07, 6.45) is 1.58. The molecule has 0 aromatic heterocycles. The van der Waals surface area contributed by atoms with Gasteiger partial charge in [-0.2, -0.15) is 0 Å². The van der Waals surface area contributed by atoms with Gasteiger partial charge in [0.05, 0.1) is 0 Å². The summed E-state index contributed by atoms with van der Waals surface area (Å²) in [5, 5.41) is 0. The van der Waals surface area contributed by atoms with E-state index in [4.69, 9.17) is 24.9 Å². The van der Waals surface area contributed by atoms with Crippen molar-refractivity contribution < 1.29 is 13.3 Å². The molecule has 0 N–H and O–H groups in total. The summed E-state index contributed by atoms with van der Waals surface area (Å²) >= 11 is 6.65. The van der Waals surface area contributed by atoms with Crippen LogP contribution in [0.15, 0.2) is 24.3 Å². The standard InChI is InChI=1S/C11H25ClO3Si.C6H4/c1-6-11(12,7-2)16(13-8-3,14-9-4)15-10-5;1-2-6-4-3-5(1)6/h6-10H2,1-5H3;1-4H. The van der Waals surface area contributed by atoms with Crippen LogP contribution in [0.1, 0.15) is 47.5 Å². The quantitative estimate of drug-likeness (QED) is 0.471. The van der Waals surface area contributed by atoms with Gasteiger partial charge in [-0.25, -0.2) is 0 Å². The molecule has 0 aromatic carbocycles. The highest BCUT2D eigenvalue weighted by Gasteiger charge is 2.58. The maximum atomic E-state index is 6.65. The third-order valence-corrected chi connectivity index (χ3v) is 8.93. The Kier molecular flexibility index (Phi) is 8.07. The van der Waals surface area contributed by atoms with Gasteiger partial charge in [0, 0.05) is 19.8 Å². The number of fused-ring (bicyclic) bond motifs is 1. The van der Waals surface area contributed by atoms with E-state index in [1.807, 2.05) is 20.8 Å². The molecule has 0 amide bonds. The fourth-order valence-electron chi connectivity index (χ4n) is 2.43. The van der Waals surface area contributed by atoms with Crippen LogP contribution in [0, 0.1) is 0 Å². The van der Waals surface area contributed by atoms with E-state index < -0.39 is 13.3 Å². The molecule has 0 atom stereocenters. The molecule has 2 aliphatic rings. The first-order valence-electron chi connectivity index (χ1n) is 8.23. The lowest BCUT2D eigenvalue weighted by atomic mass is 9.95. The summed E-state index contributed by atoms with van der Waals surface area (Å²) < 4.78 is 17.0. The third kappa shape index (κ3) is 4.12. The van der Waals surface area contributed by atoms with Crippen LogP contribution < -0.4 is 0 Å². The summed E-state index contributed by atoms with van der Waals surface area (Å²) in [6, 6.07) is 8.48. The number of hydrogen-bond acceptors (Lipinski definition) is 3. The summed E-state index contributed by atoms with van der Waals surface area (Å²) in [5.41, 5.74) is 2.85. The molecule has 0 aromatic rings. The molecule has 5 heteroatoms. The maximum Gasteiger partial charge on any atom is 0.523 e. The lowest BCUT2D eigenvalue weighted by Gasteiger charge is -2.40. The summed E-state index contributed by atoms with van der Waals surface area (Å²) in [6.45, 7) is 11.7. The third-order valence-electron chi connectivity index (χ3n) is 3.89. The molecule has 22 heavy (non-hydrogen) atoms. The molecule has 126 valence electrons. The van der Waals surface area contributed by atoms with E-state index in [0.717, 1.165) is 12.8 Å². The average molecular weight is 345 g/mol. The van der Waals surface area contributed by atoms with Gasteiger partial charge in [0.1, 0.15) is 4.50 Å². The Morgan fingerprint density at radius 1 is 0.773 bits per heavy atom. The molecule has 0 unspecified atom stereocenters. The van der Waals surface area contributed by atoms with Gasteiger partial charge in [0.15, 0.2) is 0 Å². The second-order valence-corrected chi connectivity index (χ2v) is 9.08. The normalized spacial score (nSPS) is 12.6. The Labute approximate surface area is 141 Å². The zero-order valence-electron chi connectivity index (χ0n) is 14.4. The minimum Gasteiger partial charge on any atom is -0.373 e. The van der Waals surface area contributed by atoms with E-state index >= 15 is 0 Å². The van der Waals surface area contributed by atoms with Crippen molar-refractivity contribution in [1.82, 2.24) is 0 Å². The first kappa shape index (κ1) is 19.7. The van der Waals surface area contributed by atoms with Crippen molar-refractivity contribution in [2.45, 2.75) is 52.0 Å². The summed E-state index contributed by atoms with van der Waals surface area (Å²) in [5.74, 6) is 0. The van der Waals surface area contributed by atoms with Crippen LogP contribution in [0.3, 0.4) is 0 Å². The Hall–Kier alpha value is -0.393. The molecule has 0 saturated carbocycles. The largest absolute Gasteiger partial charge is 0.523 e. The Morgan fingerprint density at radius 3 is 1.23 bits per heavy atom. The Bertz CT molecular complexity index is 394. The van der Waals surface area contributed by atoms with Gasteiger partial charge in [0.2, 0.25) is 0 Å². The molecule has 0 saturated heterocycles. The van der Waals surface area contributed by atoms with E-state index in [0.29, 0.717) is 19.8 Å². The van der Waals surface area contributed by atoms with E-state index in [-0.39, 0.29) is 0 Å². The molecular formula is C17H29ClO3Si. The van der Waals surface area contributed by atoms with E-state index in [1.54, 1.807) is 0 Å². The van der Waals surface area contributed by atoms with E-state index in [2.05, 4.69) is 38.1 Å². The molecule has 0 aliphatic heterocycles. The molecule has 2 aliphatic carbocycles. The summed E-state index contributed by atoms with van der Waals surface area (Å²) in [7, 11) is -2.78. The molecule has 0 fully saturated rings. The monoisotopic (exact) mass is 344 g/mol. The van der Waals surface area contributed by atoms with E-state index in [9.17, 15) is 0 Å². The van der Waals surface area contributed by atoms with Crippen LogP contribution in [0.2, 0.25) is 0 Å². The molecule has 3 nitrogen and oxygen atoms in total. The maximum absolute atomic E-state index is 6.65. The van der Waals surface area contributed by atoms with Crippen molar-refractivity contribution in [2.75, 3.05) is 19.8 Å². The van der Waals surface area contributed by atoms with Gasteiger partial charge in [-0.05, 0) is 44.7 Å². The lowest BCUT2D eigenvalue weighted by Crippen LogP contribution is -2.62. The van der Waals surface area contributed by atoms with Crippen LogP contribution in [-0.4, -0.2) is 33.1 Å². The Balaban J connectivity index is 0.000000323. The van der Waals surface area contributed by atoms with Gasteiger partial charge in [-0.1, -0.05) is 38.1 Å². The van der Waals surface area contributed by atoms with Crippen molar-refractivity contribution in [1.29, 1.82) is 0 Å². The van der Waals surface area contributed by atoms with Crippen LogP contribution >= 0.6 is 11.6 Å². The van der Waals surface area contributed by atoms with Gasteiger partial charge >= 0.3 is 8.80 Å². The highest BCUT2D eigenvalue weighted by molar-refractivity contribution is 6.74. The molecular weight excluding hydrogens is 316 g/mol. The van der Waals surface area contributed by atoms with Crippen LogP contribution in [0.25, 0.3) is 11.1 Å². The lowest BCUT2D eigenvalue weighted by molar-refractivity contribution is 0.0552. The van der Waals surface area contributed by atoms with Gasteiger partial charge in [-0.3, -0.25) is 0 Å². The number of alkyl halides is 1. The van der Waals surface area contributed by atoms with Crippen molar-refractivity contribution in [3.63, 3.8) is 0 Å². The molecule has 0 heterocycles. The molecule has 0 spiro atoms. The SMILES string of the molecule is CCO[Si](OCC)(OCC)C(Cl)(CC)CC.c1cc2ccc1-2. The minimum atomic E-state index is -2.78. The fourth-order valence-corrected chi connectivity index (χ4v) is 5.95. The van der Waals surface area contributed by atoms with Crippen LogP contribution in [0.5, 0.6) is 0 Å². The number of benzene rings is 1. The van der Waals surface area contributed by atoms with Gasteiger partial charge in [-0.15, -0.1) is 11.6 Å². The minimum absolute atomic E-state index is 0.505. The van der Waals surface area contributed by atoms with Crippen LogP contribution in [0.4, 0.5) is 0 Å². The summed E-state index contributed by atoms with van der Waals surface area (Å²) in [4.78, 5) is 0. The van der Waals surface area contributed by atoms with Gasteiger partial charge < -0.3 is 13.3 Å². The average Bonchev–Trinajstić information content (AvgIpc) is 2.51. The zero-order chi connectivity index (χ0) is 16.6. The van der Waals surface area contributed by atoms with Gasteiger partial charge in [0.25, 0.3) is 0 Å². The Morgan fingerprint density at radius 2 is 1.09 bits per heavy atom. The highest BCUT2D eigenvalue weighted by atomic mass is 35.5. The molecule has 2 rings (SSSR count). The zero-order valence-corrected chi connectivity index (χ0v) is 16.2. The van der Waals surface area contributed by atoms with Crippen molar-refractivity contribution in [3.8, 4) is 11.1 Å². The smallest absolute Gasteiger partial charge is 0.373 e. The van der Waals surface area contributed by atoms with Crippen molar-refractivity contribution >= 4 is 20.4 Å². The number of hydrogen-bond donors (Lipinski definition) is 0. The highest BCUT2D eigenvalue weighted by Crippen LogP contribution is 2.37. The predicted molar refractivity (Wildman–Crippen MR) is 95.2 cm³/mol. The molecule has 0 radical (unpaired) electrons. The number of rotatable bonds is 9. The molecule has 0 bridgehead atoms. The predicted octanol–water partition coefficient (Wildman–Crippen LogP) is 5.04. The van der Waals surface area contributed by atoms with E-state index in [1.165, 1.54) is 11.1 Å². The topological polar surface area (TPSA) is 27.7 Å². The fraction of sp³-hybridized carbons (Fsp3) is 0.647. The first-order valence-corrected chi connectivity index (χ1v) is 10.3. The first-order chi connectivity index (χ1) is 10.5. The van der Waals surface area contributed by atoms with Crippen LogP contribution in [-0.2, 0) is 13.3 Å².